The summed E-state index contributed by atoms with van der Waals surface area (Å²) in [6, 6.07) is 12.3. The number of pyridine rings is 1. The molecule has 0 unspecified atom stereocenters. The summed E-state index contributed by atoms with van der Waals surface area (Å²) in [4.78, 5) is 22.5. The first kappa shape index (κ1) is 14.2. The fraction of sp³-hybridized carbons (Fsp3) is 0.250. The number of rotatable bonds is 3. The maximum absolute atomic E-state index is 11.4. The van der Waals surface area contributed by atoms with Gasteiger partial charge >= 0.3 is 0 Å². The van der Waals surface area contributed by atoms with Crippen LogP contribution in [0.25, 0.3) is 0 Å². The molecule has 0 spiro atoms. The number of nitro benzene ring substituents is 1. The third-order valence-electron chi connectivity index (χ3n) is 4.14. The SMILES string of the molecule is O=[N+]([O-])c1ccccc1[C@H]1[C@H](c2ccccn2)N=C2SCCN21. The Morgan fingerprint density at radius 3 is 2.83 bits per heavy atom. The van der Waals surface area contributed by atoms with Crippen LogP contribution in [-0.2, 0) is 0 Å². The molecule has 2 aliphatic heterocycles. The molecule has 1 aromatic carbocycles. The Balaban J connectivity index is 1.83. The predicted octanol–water partition coefficient (Wildman–Crippen LogP) is 3.19. The first-order valence-corrected chi connectivity index (χ1v) is 8.36. The molecule has 0 saturated carbocycles. The molecule has 2 atom stereocenters. The van der Waals surface area contributed by atoms with Crippen molar-refractivity contribution in [2.75, 3.05) is 12.3 Å². The Morgan fingerprint density at radius 1 is 1.22 bits per heavy atom. The van der Waals surface area contributed by atoms with E-state index < -0.39 is 0 Å². The standard InChI is InChI=1S/C16H14N4O2S/c21-20(22)13-7-2-1-5-11(13)15-14(12-6-3-4-8-17-12)18-16-19(15)9-10-23-16/h1-8,14-15H,9-10H2/t14-,15-/m0/s1. The van der Waals surface area contributed by atoms with Crippen molar-refractivity contribution in [3.05, 3.63) is 70.0 Å². The summed E-state index contributed by atoms with van der Waals surface area (Å²) >= 11 is 1.70. The largest absolute Gasteiger partial charge is 0.341 e. The predicted molar refractivity (Wildman–Crippen MR) is 89.4 cm³/mol. The molecule has 7 heteroatoms. The zero-order chi connectivity index (χ0) is 15.8. The van der Waals surface area contributed by atoms with Crippen molar-refractivity contribution >= 4 is 22.6 Å². The van der Waals surface area contributed by atoms with Crippen LogP contribution in [0.4, 0.5) is 5.69 Å². The lowest BCUT2D eigenvalue weighted by atomic mass is 9.95. The van der Waals surface area contributed by atoms with E-state index in [0.717, 1.165) is 23.2 Å². The first-order valence-electron chi connectivity index (χ1n) is 7.37. The van der Waals surface area contributed by atoms with Crippen molar-refractivity contribution in [1.82, 2.24) is 9.88 Å². The Kier molecular flexibility index (Phi) is 3.49. The zero-order valence-corrected chi connectivity index (χ0v) is 13.0. The lowest BCUT2D eigenvalue weighted by Crippen LogP contribution is -2.27. The van der Waals surface area contributed by atoms with Crippen LogP contribution in [-0.4, -0.2) is 32.3 Å². The van der Waals surface area contributed by atoms with Crippen molar-refractivity contribution in [1.29, 1.82) is 0 Å². The molecular formula is C16H14N4O2S. The van der Waals surface area contributed by atoms with Gasteiger partial charge in [0.1, 0.15) is 6.04 Å². The average molecular weight is 326 g/mol. The smallest absolute Gasteiger partial charge is 0.274 e. The van der Waals surface area contributed by atoms with Gasteiger partial charge in [-0.25, -0.2) is 0 Å². The van der Waals surface area contributed by atoms with E-state index in [1.807, 2.05) is 30.3 Å². The number of nitro groups is 1. The van der Waals surface area contributed by atoms with E-state index in [4.69, 9.17) is 4.99 Å². The second-order valence-corrected chi connectivity index (χ2v) is 6.48. The number of hydrogen-bond donors (Lipinski definition) is 0. The number of hydrogen-bond acceptors (Lipinski definition) is 6. The Labute approximate surface area is 137 Å². The molecule has 0 N–H and O–H groups in total. The molecule has 0 radical (unpaired) electrons. The number of nitrogens with zero attached hydrogens (tertiary/aromatic N) is 4. The number of aliphatic imine (C=N–C) groups is 1. The van der Waals surface area contributed by atoms with E-state index in [0.29, 0.717) is 5.56 Å². The van der Waals surface area contributed by atoms with E-state index in [1.165, 1.54) is 0 Å². The molecule has 1 saturated heterocycles. The van der Waals surface area contributed by atoms with Gasteiger partial charge in [-0.3, -0.25) is 20.1 Å². The second-order valence-electron chi connectivity index (χ2n) is 5.41. The Bertz CT molecular complexity index is 781. The van der Waals surface area contributed by atoms with Gasteiger partial charge in [0.2, 0.25) is 0 Å². The summed E-state index contributed by atoms with van der Waals surface area (Å²) < 4.78 is 0. The van der Waals surface area contributed by atoms with Crippen LogP contribution in [0, 0.1) is 10.1 Å². The number of aromatic nitrogens is 1. The van der Waals surface area contributed by atoms with E-state index in [-0.39, 0.29) is 22.7 Å². The quantitative estimate of drug-likeness (QED) is 0.640. The fourth-order valence-corrected chi connectivity index (χ4v) is 4.19. The van der Waals surface area contributed by atoms with Crippen molar-refractivity contribution in [3.63, 3.8) is 0 Å². The van der Waals surface area contributed by atoms with Crippen LogP contribution in [0.2, 0.25) is 0 Å². The van der Waals surface area contributed by atoms with Gasteiger partial charge in [-0.05, 0) is 18.2 Å². The fourth-order valence-electron chi connectivity index (χ4n) is 3.16. The minimum absolute atomic E-state index is 0.145. The monoisotopic (exact) mass is 326 g/mol. The van der Waals surface area contributed by atoms with E-state index in [2.05, 4.69) is 9.88 Å². The molecule has 4 rings (SSSR count). The third kappa shape index (κ3) is 2.37. The molecule has 116 valence electrons. The molecule has 3 heterocycles. The lowest BCUT2D eigenvalue weighted by molar-refractivity contribution is -0.386. The van der Waals surface area contributed by atoms with Gasteiger partial charge in [-0.15, -0.1) is 0 Å². The highest BCUT2D eigenvalue weighted by Crippen LogP contribution is 2.47. The van der Waals surface area contributed by atoms with Crippen molar-refractivity contribution in [3.8, 4) is 0 Å². The molecule has 0 aliphatic carbocycles. The molecule has 2 aliphatic rings. The zero-order valence-electron chi connectivity index (χ0n) is 12.2. The number of benzene rings is 1. The van der Waals surface area contributed by atoms with Gasteiger partial charge in [0, 0.05) is 24.6 Å². The normalized spacial score (nSPS) is 22.8. The highest BCUT2D eigenvalue weighted by atomic mass is 32.2. The minimum atomic E-state index is -0.313. The maximum atomic E-state index is 11.4. The topological polar surface area (TPSA) is 71.6 Å². The molecule has 6 nitrogen and oxygen atoms in total. The number of amidine groups is 1. The van der Waals surface area contributed by atoms with Gasteiger partial charge in [-0.1, -0.05) is 30.0 Å². The Hall–Kier alpha value is -2.41. The van der Waals surface area contributed by atoms with Crippen LogP contribution < -0.4 is 0 Å². The van der Waals surface area contributed by atoms with Gasteiger partial charge < -0.3 is 4.90 Å². The average Bonchev–Trinajstić information content (AvgIpc) is 3.16. The summed E-state index contributed by atoms with van der Waals surface area (Å²) in [6.45, 7) is 0.851. The van der Waals surface area contributed by atoms with Gasteiger partial charge in [0.25, 0.3) is 5.69 Å². The molecular weight excluding hydrogens is 312 g/mol. The molecule has 0 bridgehead atoms. The van der Waals surface area contributed by atoms with Crippen LogP contribution in [0.1, 0.15) is 23.3 Å². The second kappa shape index (κ2) is 5.66. The summed E-state index contributed by atoms with van der Waals surface area (Å²) in [5.74, 6) is 0.963. The van der Waals surface area contributed by atoms with Crippen LogP contribution in [0.3, 0.4) is 0 Å². The highest BCUT2D eigenvalue weighted by Gasteiger charge is 2.43. The van der Waals surface area contributed by atoms with Gasteiger partial charge in [-0.2, -0.15) is 0 Å². The third-order valence-corrected chi connectivity index (χ3v) is 5.12. The van der Waals surface area contributed by atoms with E-state index in [9.17, 15) is 10.1 Å². The highest BCUT2D eigenvalue weighted by molar-refractivity contribution is 8.14. The lowest BCUT2D eigenvalue weighted by Gasteiger charge is -2.26. The van der Waals surface area contributed by atoms with Gasteiger partial charge in [0.05, 0.1) is 22.2 Å². The number of thioether (sulfide) groups is 1. The van der Waals surface area contributed by atoms with Crippen molar-refractivity contribution in [2.24, 2.45) is 4.99 Å². The van der Waals surface area contributed by atoms with E-state index >= 15 is 0 Å². The summed E-state index contributed by atoms with van der Waals surface area (Å²) in [6.07, 6.45) is 1.74. The Morgan fingerprint density at radius 2 is 2.04 bits per heavy atom. The van der Waals surface area contributed by atoms with Crippen molar-refractivity contribution in [2.45, 2.75) is 12.1 Å². The van der Waals surface area contributed by atoms with Crippen LogP contribution in [0.15, 0.2) is 53.7 Å². The molecule has 1 fully saturated rings. The van der Waals surface area contributed by atoms with E-state index in [1.54, 1.807) is 30.1 Å². The first-order chi connectivity index (χ1) is 11.3. The summed E-state index contributed by atoms with van der Waals surface area (Å²) in [5, 5.41) is 12.4. The van der Waals surface area contributed by atoms with Crippen LogP contribution >= 0.6 is 11.8 Å². The molecule has 23 heavy (non-hydrogen) atoms. The summed E-state index contributed by atoms with van der Waals surface area (Å²) in [7, 11) is 0. The summed E-state index contributed by atoms with van der Waals surface area (Å²) in [5.41, 5.74) is 1.69. The maximum Gasteiger partial charge on any atom is 0.274 e. The van der Waals surface area contributed by atoms with Gasteiger partial charge in [0.15, 0.2) is 5.17 Å². The van der Waals surface area contributed by atoms with Crippen LogP contribution in [0.5, 0.6) is 0 Å². The number of fused-ring (bicyclic) bond motifs is 1. The minimum Gasteiger partial charge on any atom is -0.341 e. The molecule has 0 amide bonds. The molecule has 2 aromatic rings. The van der Waals surface area contributed by atoms with Crippen molar-refractivity contribution < 1.29 is 4.92 Å². The number of para-hydroxylation sites is 1. The molecule has 1 aromatic heterocycles.